The number of para-hydroxylation sites is 1. The van der Waals surface area contributed by atoms with E-state index in [1.807, 2.05) is 24.3 Å². The summed E-state index contributed by atoms with van der Waals surface area (Å²) in [5.41, 5.74) is 1.45. The number of hydrogen-bond acceptors (Lipinski definition) is 5. The third-order valence-corrected chi connectivity index (χ3v) is 4.34. The molecule has 2 heterocycles. The highest BCUT2D eigenvalue weighted by Crippen LogP contribution is 2.28. The average Bonchev–Trinajstić information content (AvgIpc) is 3.03. The lowest BCUT2D eigenvalue weighted by molar-refractivity contribution is -0.114. The van der Waals surface area contributed by atoms with Gasteiger partial charge in [0.2, 0.25) is 17.6 Å². The maximum Gasteiger partial charge on any atom is 0.227 e. The van der Waals surface area contributed by atoms with E-state index in [0.29, 0.717) is 29.4 Å². The molecule has 1 amide bonds. The molecule has 6 nitrogen and oxygen atoms in total. The van der Waals surface area contributed by atoms with Crippen LogP contribution < -0.4 is 5.32 Å². The van der Waals surface area contributed by atoms with E-state index in [-0.39, 0.29) is 5.91 Å². The van der Waals surface area contributed by atoms with Crippen LogP contribution in [0.2, 0.25) is 0 Å². The Hall–Kier alpha value is -2.21. The molecule has 0 bridgehead atoms. The molecule has 0 spiro atoms. The fourth-order valence-electron chi connectivity index (χ4n) is 3.10. The van der Waals surface area contributed by atoms with Gasteiger partial charge in [-0.15, -0.1) is 0 Å². The van der Waals surface area contributed by atoms with Crippen molar-refractivity contribution >= 4 is 11.6 Å². The molecule has 1 aliphatic heterocycles. The number of hydrogen-bond donors (Lipinski definition) is 1. The number of benzene rings is 1. The molecular weight excluding hydrogens is 306 g/mol. The Kier molecular flexibility index (Phi) is 5.25. The van der Waals surface area contributed by atoms with Crippen LogP contribution in [0.25, 0.3) is 11.4 Å². The largest absolute Gasteiger partial charge is 0.378 e. The third-order valence-electron chi connectivity index (χ3n) is 4.34. The van der Waals surface area contributed by atoms with Gasteiger partial charge >= 0.3 is 0 Å². The summed E-state index contributed by atoms with van der Waals surface area (Å²) in [4.78, 5) is 15.9. The van der Waals surface area contributed by atoms with Gasteiger partial charge in [-0.1, -0.05) is 24.2 Å². The molecule has 1 aromatic heterocycles. The van der Waals surface area contributed by atoms with Gasteiger partial charge in [-0.2, -0.15) is 4.98 Å². The van der Waals surface area contributed by atoms with Gasteiger partial charge in [0.15, 0.2) is 0 Å². The number of carbonyl (C=O) groups excluding carboxylic acids is 1. The second kappa shape index (κ2) is 7.57. The van der Waals surface area contributed by atoms with Crippen LogP contribution in [0, 0.1) is 5.92 Å². The van der Waals surface area contributed by atoms with E-state index in [2.05, 4.69) is 22.4 Å². The Labute approximate surface area is 141 Å². The number of ether oxygens (including phenoxy) is 1. The van der Waals surface area contributed by atoms with Crippen molar-refractivity contribution in [2.45, 2.75) is 45.6 Å². The van der Waals surface area contributed by atoms with Crippen LogP contribution in [-0.2, 0) is 16.0 Å². The molecule has 24 heavy (non-hydrogen) atoms. The highest BCUT2D eigenvalue weighted by Gasteiger charge is 2.24. The maximum absolute atomic E-state index is 11.3. The summed E-state index contributed by atoms with van der Waals surface area (Å²) in [6.45, 7) is 4.43. The highest BCUT2D eigenvalue weighted by atomic mass is 16.5. The fraction of sp³-hybridized carbons (Fsp3) is 0.500. The van der Waals surface area contributed by atoms with Gasteiger partial charge in [-0.05, 0) is 37.3 Å². The van der Waals surface area contributed by atoms with Gasteiger partial charge in [0.1, 0.15) is 0 Å². The predicted octanol–water partition coefficient (Wildman–Crippen LogP) is 3.44. The van der Waals surface area contributed by atoms with Crippen molar-refractivity contribution in [1.29, 1.82) is 0 Å². The van der Waals surface area contributed by atoms with Gasteiger partial charge < -0.3 is 14.6 Å². The first kappa shape index (κ1) is 16.6. The van der Waals surface area contributed by atoms with Crippen LogP contribution in [0.4, 0.5) is 5.69 Å². The van der Waals surface area contributed by atoms with Crippen molar-refractivity contribution in [2.75, 3.05) is 11.9 Å². The first-order valence-electron chi connectivity index (χ1n) is 8.47. The standard InChI is InChI=1S/C18H23N3O3/c1-3-14-10-13(8-9-23-14)11-17-20-18(21-24-17)15-6-4-5-7-16(15)19-12(2)22/h4-7,13-14H,3,8-11H2,1-2H3,(H,19,22)/t13-,14+/m0/s1. The lowest BCUT2D eigenvalue weighted by Gasteiger charge is -2.27. The minimum Gasteiger partial charge on any atom is -0.378 e. The van der Waals surface area contributed by atoms with Crippen LogP contribution in [0.1, 0.15) is 39.0 Å². The lowest BCUT2D eigenvalue weighted by atomic mass is 9.91. The number of amides is 1. The molecule has 1 N–H and O–H groups in total. The topological polar surface area (TPSA) is 77.3 Å². The van der Waals surface area contributed by atoms with Gasteiger partial charge in [-0.3, -0.25) is 4.79 Å². The van der Waals surface area contributed by atoms with Gasteiger partial charge in [0.05, 0.1) is 11.8 Å². The molecular formula is C18H23N3O3. The molecule has 0 saturated carbocycles. The van der Waals surface area contributed by atoms with Crippen LogP contribution in [0.5, 0.6) is 0 Å². The number of anilines is 1. The highest BCUT2D eigenvalue weighted by molar-refractivity contribution is 5.93. The molecule has 3 rings (SSSR count). The second-order valence-corrected chi connectivity index (χ2v) is 6.23. The van der Waals surface area contributed by atoms with Gasteiger partial charge in [0.25, 0.3) is 0 Å². The van der Waals surface area contributed by atoms with E-state index < -0.39 is 0 Å². The Morgan fingerprint density at radius 2 is 2.21 bits per heavy atom. The first-order valence-corrected chi connectivity index (χ1v) is 8.47. The predicted molar refractivity (Wildman–Crippen MR) is 90.5 cm³/mol. The summed E-state index contributed by atoms with van der Waals surface area (Å²) in [5, 5.41) is 6.89. The zero-order valence-corrected chi connectivity index (χ0v) is 14.1. The Morgan fingerprint density at radius 3 is 3.00 bits per heavy atom. The van der Waals surface area contributed by atoms with Crippen molar-refractivity contribution < 1.29 is 14.1 Å². The van der Waals surface area contributed by atoms with Gasteiger partial charge in [-0.25, -0.2) is 0 Å². The minimum absolute atomic E-state index is 0.126. The number of rotatable bonds is 5. The summed E-state index contributed by atoms with van der Waals surface area (Å²) in [6.07, 6.45) is 4.21. The van der Waals surface area contributed by atoms with Crippen molar-refractivity contribution in [3.63, 3.8) is 0 Å². The summed E-state index contributed by atoms with van der Waals surface area (Å²) < 4.78 is 11.2. The summed E-state index contributed by atoms with van der Waals surface area (Å²) >= 11 is 0. The number of carbonyl (C=O) groups is 1. The van der Waals surface area contributed by atoms with Crippen LogP contribution in [-0.4, -0.2) is 28.8 Å². The molecule has 0 aliphatic carbocycles. The quantitative estimate of drug-likeness (QED) is 0.909. The van der Waals surface area contributed by atoms with E-state index in [0.717, 1.165) is 37.9 Å². The SMILES string of the molecule is CC[C@@H]1C[C@@H](Cc2nc(-c3ccccc3NC(C)=O)no2)CCO1. The molecule has 1 aliphatic rings. The maximum atomic E-state index is 11.3. The monoisotopic (exact) mass is 329 g/mol. The smallest absolute Gasteiger partial charge is 0.227 e. The van der Waals surface area contributed by atoms with Crippen molar-refractivity contribution in [3.8, 4) is 11.4 Å². The van der Waals surface area contributed by atoms with E-state index in [1.165, 1.54) is 6.92 Å². The molecule has 2 aromatic rings. The van der Waals surface area contributed by atoms with Gasteiger partial charge in [0, 0.05) is 25.5 Å². The lowest BCUT2D eigenvalue weighted by Crippen LogP contribution is -2.26. The summed E-state index contributed by atoms with van der Waals surface area (Å²) in [5.74, 6) is 1.54. The molecule has 1 fully saturated rings. The van der Waals surface area contributed by atoms with Crippen LogP contribution in [0.15, 0.2) is 28.8 Å². The Bertz CT molecular complexity index is 698. The van der Waals surface area contributed by atoms with E-state index in [1.54, 1.807) is 0 Å². The number of nitrogens with zero attached hydrogens (tertiary/aromatic N) is 2. The average molecular weight is 329 g/mol. The normalized spacial score (nSPS) is 20.8. The number of nitrogens with one attached hydrogen (secondary N) is 1. The second-order valence-electron chi connectivity index (χ2n) is 6.23. The molecule has 1 saturated heterocycles. The van der Waals surface area contributed by atoms with Crippen LogP contribution >= 0.6 is 0 Å². The zero-order valence-electron chi connectivity index (χ0n) is 14.1. The minimum atomic E-state index is -0.126. The number of aromatic nitrogens is 2. The molecule has 1 aromatic carbocycles. The third kappa shape index (κ3) is 4.00. The molecule has 0 unspecified atom stereocenters. The molecule has 2 atom stereocenters. The Morgan fingerprint density at radius 1 is 1.38 bits per heavy atom. The zero-order chi connectivity index (χ0) is 16.9. The summed E-state index contributed by atoms with van der Waals surface area (Å²) in [6, 6.07) is 7.46. The van der Waals surface area contributed by atoms with E-state index in [4.69, 9.17) is 9.26 Å². The summed E-state index contributed by atoms with van der Waals surface area (Å²) in [7, 11) is 0. The van der Waals surface area contributed by atoms with Crippen molar-refractivity contribution in [2.24, 2.45) is 5.92 Å². The van der Waals surface area contributed by atoms with E-state index >= 15 is 0 Å². The molecule has 6 heteroatoms. The van der Waals surface area contributed by atoms with Crippen molar-refractivity contribution in [1.82, 2.24) is 10.1 Å². The fourth-order valence-corrected chi connectivity index (χ4v) is 3.10. The molecule has 128 valence electrons. The van der Waals surface area contributed by atoms with Crippen molar-refractivity contribution in [3.05, 3.63) is 30.2 Å². The molecule has 0 radical (unpaired) electrons. The van der Waals surface area contributed by atoms with Crippen LogP contribution in [0.3, 0.4) is 0 Å². The first-order chi connectivity index (χ1) is 11.7. The Balaban J connectivity index is 1.73. The van der Waals surface area contributed by atoms with E-state index in [9.17, 15) is 4.79 Å².